The molecule has 0 bridgehead atoms. The summed E-state index contributed by atoms with van der Waals surface area (Å²) in [6.07, 6.45) is 7.37. The molecule has 2 rings (SSSR count). The van der Waals surface area contributed by atoms with E-state index in [9.17, 15) is 0 Å². The van der Waals surface area contributed by atoms with E-state index in [1.165, 1.54) is 19.3 Å². The average molecular weight is 263 g/mol. The number of hydrogen-bond acceptors (Lipinski definition) is 3. The Labute approximate surface area is 114 Å². The monoisotopic (exact) mass is 263 g/mol. The molecule has 1 aromatic rings. The Balaban J connectivity index is 2.22. The van der Waals surface area contributed by atoms with E-state index >= 15 is 0 Å². The van der Waals surface area contributed by atoms with Gasteiger partial charge in [-0.3, -0.25) is 4.98 Å². The average Bonchev–Trinajstić information content (AvgIpc) is 3.14. The molecule has 0 saturated heterocycles. The van der Waals surface area contributed by atoms with Crippen molar-refractivity contribution in [3.8, 4) is 0 Å². The highest BCUT2D eigenvalue weighted by Gasteiger charge is 2.30. The minimum Gasteiger partial charge on any atom is -0.389 e. The highest BCUT2D eigenvalue weighted by Crippen LogP contribution is 2.33. The zero-order valence-electron chi connectivity index (χ0n) is 11.1. The standard InChI is InChI=1S/C14H21N3S/c1-10(2)6-8-17(11-3-4-11)13-9-16-7-5-12(13)14(15)18/h5,7,9-11H,3-4,6,8H2,1-2H3,(H2,15,18). The quantitative estimate of drug-likeness (QED) is 0.801. The van der Waals surface area contributed by atoms with Gasteiger partial charge in [0.15, 0.2) is 0 Å². The van der Waals surface area contributed by atoms with Gasteiger partial charge in [-0.05, 0) is 31.2 Å². The summed E-state index contributed by atoms with van der Waals surface area (Å²) in [7, 11) is 0. The molecule has 98 valence electrons. The van der Waals surface area contributed by atoms with Crippen LogP contribution in [0.4, 0.5) is 5.69 Å². The normalized spacial score (nSPS) is 14.8. The van der Waals surface area contributed by atoms with Crippen LogP contribution in [0.15, 0.2) is 18.5 Å². The molecule has 0 amide bonds. The number of thiocarbonyl (C=S) groups is 1. The number of hydrogen-bond donors (Lipinski definition) is 1. The molecule has 1 aliphatic rings. The van der Waals surface area contributed by atoms with Crippen LogP contribution in [-0.4, -0.2) is 22.6 Å². The summed E-state index contributed by atoms with van der Waals surface area (Å²) in [5, 5.41) is 0. The highest BCUT2D eigenvalue weighted by molar-refractivity contribution is 7.80. The van der Waals surface area contributed by atoms with Crippen LogP contribution in [0.1, 0.15) is 38.7 Å². The molecular formula is C14H21N3S. The summed E-state index contributed by atoms with van der Waals surface area (Å²) in [6, 6.07) is 2.57. The molecule has 18 heavy (non-hydrogen) atoms. The van der Waals surface area contributed by atoms with E-state index in [-0.39, 0.29) is 0 Å². The molecule has 0 atom stereocenters. The van der Waals surface area contributed by atoms with E-state index in [1.54, 1.807) is 6.20 Å². The SMILES string of the molecule is CC(C)CCN(c1cnccc1C(N)=S)C1CC1. The Kier molecular flexibility index (Phi) is 4.17. The topological polar surface area (TPSA) is 42.2 Å². The van der Waals surface area contributed by atoms with E-state index < -0.39 is 0 Å². The second kappa shape index (κ2) is 5.65. The van der Waals surface area contributed by atoms with Crippen molar-refractivity contribution in [2.75, 3.05) is 11.4 Å². The van der Waals surface area contributed by atoms with Gasteiger partial charge in [0.25, 0.3) is 0 Å². The number of nitrogens with zero attached hydrogens (tertiary/aromatic N) is 2. The van der Waals surface area contributed by atoms with E-state index in [1.807, 2.05) is 12.3 Å². The fourth-order valence-corrected chi connectivity index (χ4v) is 2.28. The molecule has 1 heterocycles. The smallest absolute Gasteiger partial charge is 0.106 e. The first-order chi connectivity index (χ1) is 8.59. The molecule has 0 aliphatic heterocycles. The van der Waals surface area contributed by atoms with Crippen LogP contribution in [0.2, 0.25) is 0 Å². The molecule has 1 aliphatic carbocycles. The lowest BCUT2D eigenvalue weighted by molar-refractivity contribution is 0.570. The molecule has 1 aromatic heterocycles. The van der Waals surface area contributed by atoms with Crippen molar-refractivity contribution in [3.63, 3.8) is 0 Å². The Morgan fingerprint density at radius 1 is 1.56 bits per heavy atom. The van der Waals surface area contributed by atoms with Gasteiger partial charge < -0.3 is 10.6 Å². The van der Waals surface area contributed by atoms with E-state index in [0.29, 0.717) is 16.9 Å². The van der Waals surface area contributed by atoms with Gasteiger partial charge in [0.1, 0.15) is 4.99 Å². The van der Waals surface area contributed by atoms with E-state index in [2.05, 4.69) is 23.7 Å². The number of nitrogens with two attached hydrogens (primary N) is 1. The lowest BCUT2D eigenvalue weighted by atomic mass is 10.1. The molecule has 3 nitrogen and oxygen atoms in total. The van der Waals surface area contributed by atoms with Crippen LogP contribution in [-0.2, 0) is 0 Å². The Morgan fingerprint density at radius 3 is 2.83 bits per heavy atom. The molecule has 2 N–H and O–H groups in total. The zero-order chi connectivity index (χ0) is 13.1. The first kappa shape index (κ1) is 13.3. The van der Waals surface area contributed by atoms with Gasteiger partial charge in [-0.1, -0.05) is 26.1 Å². The molecule has 0 aromatic carbocycles. The zero-order valence-corrected chi connectivity index (χ0v) is 11.9. The van der Waals surface area contributed by atoms with Crippen LogP contribution < -0.4 is 10.6 Å². The van der Waals surface area contributed by atoms with Crippen molar-refractivity contribution in [2.45, 2.75) is 39.2 Å². The van der Waals surface area contributed by atoms with Crippen molar-refractivity contribution in [3.05, 3.63) is 24.0 Å². The maximum Gasteiger partial charge on any atom is 0.106 e. The van der Waals surface area contributed by atoms with Gasteiger partial charge in [-0.2, -0.15) is 0 Å². The predicted octanol–water partition coefficient (Wildman–Crippen LogP) is 2.73. The maximum atomic E-state index is 5.81. The number of rotatable bonds is 6. The van der Waals surface area contributed by atoms with Crippen LogP contribution in [0.3, 0.4) is 0 Å². The second-order valence-corrected chi connectivity index (χ2v) is 5.80. The molecule has 0 radical (unpaired) electrons. The Hall–Kier alpha value is -1.16. The van der Waals surface area contributed by atoms with Gasteiger partial charge in [-0.15, -0.1) is 0 Å². The van der Waals surface area contributed by atoms with Crippen molar-refractivity contribution >= 4 is 22.9 Å². The number of anilines is 1. The first-order valence-corrected chi connectivity index (χ1v) is 7.01. The van der Waals surface area contributed by atoms with Gasteiger partial charge in [0.05, 0.1) is 11.9 Å². The summed E-state index contributed by atoms with van der Waals surface area (Å²) < 4.78 is 0. The van der Waals surface area contributed by atoms with Crippen molar-refractivity contribution in [2.24, 2.45) is 11.7 Å². The minimum absolute atomic E-state index is 0.461. The van der Waals surface area contributed by atoms with Crippen LogP contribution in [0.25, 0.3) is 0 Å². The van der Waals surface area contributed by atoms with Crippen LogP contribution in [0, 0.1) is 5.92 Å². The van der Waals surface area contributed by atoms with Crippen LogP contribution in [0.5, 0.6) is 0 Å². The second-order valence-electron chi connectivity index (χ2n) is 5.36. The summed E-state index contributed by atoms with van der Waals surface area (Å²) in [6.45, 7) is 5.56. The fourth-order valence-electron chi connectivity index (χ4n) is 2.11. The van der Waals surface area contributed by atoms with Gasteiger partial charge in [0, 0.05) is 24.3 Å². The third-order valence-corrected chi connectivity index (χ3v) is 3.53. The minimum atomic E-state index is 0.461. The van der Waals surface area contributed by atoms with Gasteiger partial charge >= 0.3 is 0 Å². The van der Waals surface area contributed by atoms with Crippen molar-refractivity contribution < 1.29 is 0 Å². The van der Waals surface area contributed by atoms with Crippen molar-refractivity contribution in [1.29, 1.82) is 0 Å². The summed E-state index contributed by atoms with van der Waals surface area (Å²) >= 11 is 5.13. The summed E-state index contributed by atoms with van der Waals surface area (Å²) in [5.41, 5.74) is 7.86. The summed E-state index contributed by atoms with van der Waals surface area (Å²) in [5.74, 6) is 0.705. The molecule has 0 spiro atoms. The largest absolute Gasteiger partial charge is 0.389 e. The number of pyridine rings is 1. The third kappa shape index (κ3) is 3.19. The molecule has 1 saturated carbocycles. The lowest BCUT2D eigenvalue weighted by Crippen LogP contribution is -2.30. The maximum absolute atomic E-state index is 5.81. The van der Waals surface area contributed by atoms with Crippen LogP contribution >= 0.6 is 12.2 Å². The summed E-state index contributed by atoms with van der Waals surface area (Å²) in [4.78, 5) is 7.12. The lowest BCUT2D eigenvalue weighted by Gasteiger charge is -2.27. The molecule has 4 heteroatoms. The Morgan fingerprint density at radius 2 is 2.28 bits per heavy atom. The molecule has 1 fully saturated rings. The molecule has 0 unspecified atom stereocenters. The van der Waals surface area contributed by atoms with E-state index in [0.717, 1.165) is 17.8 Å². The number of aromatic nitrogens is 1. The first-order valence-electron chi connectivity index (χ1n) is 6.60. The van der Waals surface area contributed by atoms with Crippen molar-refractivity contribution in [1.82, 2.24) is 4.98 Å². The van der Waals surface area contributed by atoms with E-state index in [4.69, 9.17) is 18.0 Å². The Bertz CT molecular complexity index is 427. The fraction of sp³-hybridized carbons (Fsp3) is 0.571. The third-order valence-electron chi connectivity index (χ3n) is 3.31. The predicted molar refractivity (Wildman–Crippen MR) is 79.9 cm³/mol. The van der Waals surface area contributed by atoms with Gasteiger partial charge in [-0.25, -0.2) is 0 Å². The molecular weight excluding hydrogens is 242 g/mol. The highest BCUT2D eigenvalue weighted by atomic mass is 32.1. The van der Waals surface area contributed by atoms with Gasteiger partial charge in [0.2, 0.25) is 0 Å².